The average molecular weight is 502 g/mol. The molecule has 1 aromatic rings. The van der Waals surface area contributed by atoms with Gasteiger partial charge in [-0.3, -0.25) is 0 Å². The van der Waals surface area contributed by atoms with Crippen LogP contribution in [0.5, 0.6) is 0 Å². The molecule has 0 saturated heterocycles. The Hall–Kier alpha value is -0.850. The molecule has 1 atom stereocenters. The van der Waals surface area contributed by atoms with E-state index < -0.39 is 15.6 Å². The molecule has 26 heavy (non-hydrogen) atoms. The zero-order valence-electron chi connectivity index (χ0n) is 15.8. The minimum absolute atomic E-state index is 0. The maximum atomic E-state index is 11.3. The van der Waals surface area contributed by atoms with Crippen molar-refractivity contribution in [3.63, 3.8) is 0 Å². The summed E-state index contributed by atoms with van der Waals surface area (Å²) in [6.07, 6.45) is 0.622. The lowest BCUT2D eigenvalue weighted by molar-refractivity contribution is 0.0428. The highest BCUT2D eigenvalue weighted by Crippen LogP contribution is 2.22. The van der Waals surface area contributed by atoms with Crippen LogP contribution in [0, 0.1) is 6.92 Å². The third-order valence-corrected chi connectivity index (χ3v) is 4.91. The number of nitrogens with zero attached hydrogens (tertiary/aromatic N) is 1. The summed E-state index contributed by atoms with van der Waals surface area (Å²) in [7, 11) is -3.16. The van der Waals surface area contributed by atoms with E-state index in [1.54, 1.807) is 26.0 Å². The molecular weight excluding hydrogens is 471 g/mol. The third-order valence-electron chi connectivity index (χ3n) is 3.51. The Labute approximate surface area is 173 Å². The van der Waals surface area contributed by atoms with Gasteiger partial charge >= 0.3 is 0 Å². The van der Waals surface area contributed by atoms with Gasteiger partial charge in [0.15, 0.2) is 5.96 Å². The van der Waals surface area contributed by atoms with Crippen molar-refractivity contribution in [2.75, 3.05) is 31.9 Å². The average Bonchev–Trinajstić information content (AvgIpc) is 2.99. The number of hydrogen-bond donors (Lipinski definition) is 4. The van der Waals surface area contributed by atoms with Gasteiger partial charge in [-0.1, -0.05) is 0 Å². The van der Waals surface area contributed by atoms with Crippen LogP contribution in [0.2, 0.25) is 0 Å². The number of hydrogen-bond acceptors (Lipinski definition) is 5. The highest BCUT2D eigenvalue weighted by Gasteiger charge is 2.26. The smallest absolute Gasteiger partial charge is 0.211 e. The number of aliphatic hydroxyl groups is 1. The van der Waals surface area contributed by atoms with Gasteiger partial charge in [0.05, 0.1) is 12.3 Å². The van der Waals surface area contributed by atoms with Crippen LogP contribution in [0.4, 0.5) is 0 Å². The second-order valence-corrected chi connectivity index (χ2v) is 8.05. The number of furan rings is 1. The summed E-state index contributed by atoms with van der Waals surface area (Å²) in [5.74, 6) is 1.84. The molecule has 0 spiro atoms. The third kappa shape index (κ3) is 9.19. The van der Waals surface area contributed by atoms with E-state index in [2.05, 4.69) is 20.3 Å². The van der Waals surface area contributed by atoms with Crippen molar-refractivity contribution >= 4 is 40.0 Å². The topological polar surface area (TPSA) is 116 Å². The molecule has 1 heterocycles. The zero-order valence-corrected chi connectivity index (χ0v) is 19.0. The van der Waals surface area contributed by atoms with Crippen LogP contribution in [0.25, 0.3) is 0 Å². The number of sulfonamides is 1. The van der Waals surface area contributed by atoms with Gasteiger partial charge < -0.3 is 20.2 Å². The SMILES string of the molecule is CCNC(=NCC(C)(O)c1ccc(C)o1)NCCCNS(=O)(=O)CC.I. The van der Waals surface area contributed by atoms with E-state index in [-0.39, 0.29) is 36.3 Å². The van der Waals surface area contributed by atoms with Gasteiger partial charge in [0, 0.05) is 19.6 Å². The predicted molar refractivity (Wildman–Crippen MR) is 114 cm³/mol. The van der Waals surface area contributed by atoms with Crippen LogP contribution in [-0.4, -0.2) is 51.4 Å². The van der Waals surface area contributed by atoms with Crippen molar-refractivity contribution in [3.05, 3.63) is 23.7 Å². The summed E-state index contributed by atoms with van der Waals surface area (Å²) >= 11 is 0. The van der Waals surface area contributed by atoms with Crippen LogP contribution in [0.15, 0.2) is 21.5 Å². The molecule has 10 heteroatoms. The minimum Gasteiger partial charge on any atom is -0.463 e. The highest BCUT2D eigenvalue weighted by molar-refractivity contribution is 14.0. The molecule has 0 bridgehead atoms. The molecule has 0 amide bonds. The summed E-state index contributed by atoms with van der Waals surface area (Å²) in [6, 6.07) is 3.54. The van der Waals surface area contributed by atoms with Gasteiger partial charge in [0.2, 0.25) is 10.0 Å². The Morgan fingerprint density at radius 2 is 1.96 bits per heavy atom. The summed E-state index contributed by atoms with van der Waals surface area (Å²) in [4.78, 5) is 4.38. The lowest BCUT2D eigenvalue weighted by Crippen LogP contribution is -2.40. The fourth-order valence-electron chi connectivity index (χ4n) is 2.00. The number of guanidine groups is 1. The molecule has 1 unspecified atom stereocenters. The van der Waals surface area contributed by atoms with Gasteiger partial charge in [-0.2, -0.15) is 0 Å². The number of rotatable bonds is 10. The Kier molecular flexibility index (Phi) is 11.4. The fourth-order valence-corrected chi connectivity index (χ4v) is 2.66. The van der Waals surface area contributed by atoms with Gasteiger partial charge in [-0.25, -0.2) is 18.1 Å². The molecule has 0 aromatic carbocycles. The second-order valence-electron chi connectivity index (χ2n) is 5.96. The normalized spacial score (nSPS) is 14.4. The van der Waals surface area contributed by atoms with Crippen LogP contribution < -0.4 is 15.4 Å². The van der Waals surface area contributed by atoms with Gasteiger partial charge in [0.1, 0.15) is 17.1 Å². The Morgan fingerprint density at radius 1 is 1.27 bits per heavy atom. The first-order valence-electron chi connectivity index (χ1n) is 8.49. The molecule has 0 radical (unpaired) electrons. The molecule has 0 aliphatic heterocycles. The fraction of sp³-hybridized carbons (Fsp3) is 0.688. The maximum Gasteiger partial charge on any atom is 0.211 e. The van der Waals surface area contributed by atoms with Gasteiger partial charge in [0.25, 0.3) is 0 Å². The van der Waals surface area contributed by atoms with Gasteiger partial charge in [-0.05, 0) is 46.2 Å². The number of aliphatic imine (C=N–C) groups is 1. The monoisotopic (exact) mass is 502 g/mol. The van der Waals surface area contributed by atoms with Crippen molar-refractivity contribution in [3.8, 4) is 0 Å². The van der Waals surface area contributed by atoms with E-state index in [0.29, 0.717) is 37.8 Å². The Balaban J connectivity index is 0.00000625. The molecule has 0 aliphatic carbocycles. The highest BCUT2D eigenvalue weighted by atomic mass is 127. The van der Waals surface area contributed by atoms with E-state index >= 15 is 0 Å². The Bertz CT molecular complexity index is 659. The van der Waals surface area contributed by atoms with Crippen LogP contribution in [0.1, 0.15) is 38.7 Å². The molecule has 4 N–H and O–H groups in total. The number of aryl methyl sites for hydroxylation is 1. The first-order chi connectivity index (χ1) is 11.7. The van der Waals surface area contributed by atoms with Crippen molar-refractivity contribution in [2.24, 2.45) is 4.99 Å². The quantitative estimate of drug-likeness (QED) is 0.166. The molecular formula is C16H31IN4O4S. The predicted octanol–water partition coefficient (Wildman–Crippen LogP) is 1.30. The molecule has 8 nitrogen and oxygen atoms in total. The van der Waals surface area contributed by atoms with Crippen molar-refractivity contribution in [1.29, 1.82) is 0 Å². The number of nitrogens with one attached hydrogen (secondary N) is 3. The lowest BCUT2D eigenvalue weighted by Gasteiger charge is -2.19. The zero-order chi connectivity index (χ0) is 18.9. The van der Waals surface area contributed by atoms with Crippen molar-refractivity contribution < 1.29 is 17.9 Å². The largest absolute Gasteiger partial charge is 0.463 e. The first-order valence-corrected chi connectivity index (χ1v) is 10.1. The van der Waals surface area contributed by atoms with E-state index in [9.17, 15) is 13.5 Å². The minimum atomic E-state index is -3.16. The first kappa shape index (κ1) is 25.1. The lowest BCUT2D eigenvalue weighted by atomic mass is 10.0. The summed E-state index contributed by atoms with van der Waals surface area (Å²) < 4.78 is 30.7. The van der Waals surface area contributed by atoms with E-state index in [1.807, 2.05) is 13.8 Å². The van der Waals surface area contributed by atoms with E-state index in [0.717, 1.165) is 5.76 Å². The van der Waals surface area contributed by atoms with E-state index in [4.69, 9.17) is 4.42 Å². The maximum absolute atomic E-state index is 11.3. The standard InChI is InChI=1S/C16H30N4O4S.HI/c1-5-17-15(18-10-7-11-20-25(22,23)6-2)19-12-16(4,21)14-9-8-13(3)24-14;/h8-9,20-21H,5-7,10-12H2,1-4H3,(H2,17,18,19);1H. The Morgan fingerprint density at radius 3 is 2.50 bits per heavy atom. The molecule has 0 fully saturated rings. The van der Waals surface area contributed by atoms with Crippen molar-refractivity contribution in [2.45, 2.75) is 39.7 Å². The van der Waals surface area contributed by atoms with Gasteiger partial charge in [-0.15, -0.1) is 24.0 Å². The van der Waals surface area contributed by atoms with Crippen LogP contribution >= 0.6 is 24.0 Å². The van der Waals surface area contributed by atoms with Crippen molar-refractivity contribution in [1.82, 2.24) is 15.4 Å². The van der Waals surface area contributed by atoms with Crippen LogP contribution in [0.3, 0.4) is 0 Å². The summed E-state index contributed by atoms with van der Waals surface area (Å²) in [6.45, 7) is 8.75. The summed E-state index contributed by atoms with van der Waals surface area (Å²) in [5, 5.41) is 16.7. The molecule has 152 valence electrons. The molecule has 0 aliphatic rings. The van der Waals surface area contributed by atoms with E-state index in [1.165, 1.54) is 0 Å². The number of halogens is 1. The molecule has 0 saturated carbocycles. The second kappa shape index (κ2) is 11.8. The molecule has 1 aromatic heterocycles. The summed E-state index contributed by atoms with van der Waals surface area (Å²) in [5.41, 5.74) is -1.20. The molecule has 1 rings (SSSR count). The van der Waals surface area contributed by atoms with Crippen LogP contribution in [-0.2, 0) is 15.6 Å².